The summed E-state index contributed by atoms with van der Waals surface area (Å²) in [6.07, 6.45) is -1.67. The lowest BCUT2D eigenvalue weighted by Crippen LogP contribution is -2.34. The Hall–Kier alpha value is -4.75. The van der Waals surface area contributed by atoms with Crippen LogP contribution in [-0.4, -0.2) is 88.9 Å². The van der Waals surface area contributed by atoms with E-state index in [1.54, 1.807) is 10.9 Å². The van der Waals surface area contributed by atoms with Crippen LogP contribution in [0, 0.1) is 3.57 Å². The number of hydrogen-bond acceptors (Lipinski definition) is 14. The minimum Gasteiger partial charge on any atom is -0.457 e. The monoisotopic (exact) mass is 779 g/mol. The highest BCUT2D eigenvalue weighted by molar-refractivity contribution is 14.1. The smallest absolute Gasteiger partial charge is 0.293 e. The van der Waals surface area contributed by atoms with Crippen molar-refractivity contribution in [3.05, 3.63) is 81.4 Å². The summed E-state index contributed by atoms with van der Waals surface area (Å²) < 4.78 is 20.0. The topological polar surface area (TPSA) is 176 Å². The molecule has 3 aromatic heterocycles. The maximum absolute atomic E-state index is 11.7. The van der Waals surface area contributed by atoms with E-state index in [0.29, 0.717) is 36.0 Å². The molecule has 2 saturated heterocycles. The van der Waals surface area contributed by atoms with Crippen LogP contribution in [0.3, 0.4) is 0 Å². The number of aromatic nitrogens is 8. The third kappa shape index (κ3) is 7.18. The van der Waals surface area contributed by atoms with Gasteiger partial charge in [-0.05, 0) is 64.4 Å². The summed E-state index contributed by atoms with van der Waals surface area (Å²) >= 11 is 2.29. The molecule has 16 nitrogen and oxygen atoms in total. The first-order chi connectivity index (χ1) is 24.0. The number of ether oxygens (including phenoxy) is 3. The molecule has 2 fully saturated rings. The average molecular weight is 780 g/mol. The summed E-state index contributed by atoms with van der Waals surface area (Å²) in [4.78, 5) is 41.5. The van der Waals surface area contributed by atoms with E-state index in [9.17, 15) is 9.59 Å². The molecule has 0 saturated carbocycles. The van der Waals surface area contributed by atoms with Crippen LogP contribution in [0.1, 0.15) is 42.6 Å². The molecule has 0 amide bonds. The maximum Gasteiger partial charge on any atom is 0.293 e. The number of carbonyl (C=O) groups excluding carboxylic acids is 2. The zero-order valence-corrected chi connectivity index (χ0v) is 28.7. The van der Waals surface area contributed by atoms with Crippen LogP contribution in [-0.2, 0) is 43.4 Å². The summed E-state index contributed by atoms with van der Waals surface area (Å²) in [5.74, 6) is 1.10. The maximum atomic E-state index is 11.7. The first-order valence-corrected chi connectivity index (χ1v) is 17.0. The Bertz CT molecular complexity index is 1910. The number of anilines is 2. The molecule has 2 N–H and O–H groups in total. The van der Waals surface area contributed by atoms with Crippen molar-refractivity contribution in [1.29, 1.82) is 0 Å². The standard InChI is InChI=1S/C32H34IN11O5/c1-2-44-40-29(39-41-44)26-25(47-18-45)27(48-19-46)31(49-26)43-17-35-24-28(34-14-21-9-6-10-22(33)13-21)37-32(38-30(24)43)36-23-11-12-42(16-23)15-20-7-4-3-5-8-20/h3-10,13,17-19,23,25-27,31H,2,11-12,14-16H2,1H3,(H2,34,36,37,38)/t23?,25-,26-,27+,31+/m0/s1. The number of tetrazole rings is 1. The van der Waals surface area contributed by atoms with Crippen molar-refractivity contribution < 1.29 is 23.8 Å². The van der Waals surface area contributed by atoms with Crippen molar-refractivity contribution >= 4 is 58.5 Å². The highest BCUT2D eigenvalue weighted by atomic mass is 127. The number of nitrogens with zero attached hydrogens (tertiary/aromatic N) is 9. The van der Waals surface area contributed by atoms with Crippen molar-refractivity contribution in [2.75, 3.05) is 23.7 Å². The van der Waals surface area contributed by atoms with E-state index in [1.807, 2.05) is 31.2 Å². The fourth-order valence-corrected chi connectivity index (χ4v) is 6.85. The highest BCUT2D eigenvalue weighted by Crippen LogP contribution is 2.42. The third-order valence-corrected chi connectivity index (χ3v) is 9.19. The first kappa shape index (κ1) is 32.8. The Morgan fingerprint density at radius 2 is 1.86 bits per heavy atom. The van der Waals surface area contributed by atoms with E-state index in [4.69, 9.17) is 24.2 Å². The molecule has 0 radical (unpaired) electrons. The van der Waals surface area contributed by atoms with Crippen LogP contribution in [0.5, 0.6) is 0 Å². The molecule has 2 aliphatic rings. The van der Waals surface area contributed by atoms with E-state index in [2.05, 4.69) is 88.9 Å². The van der Waals surface area contributed by atoms with Gasteiger partial charge < -0.3 is 24.8 Å². The molecule has 254 valence electrons. The molecule has 49 heavy (non-hydrogen) atoms. The lowest BCUT2D eigenvalue weighted by atomic mass is 10.1. The van der Waals surface area contributed by atoms with Crippen molar-refractivity contribution in [3.8, 4) is 0 Å². The third-order valence-electron chi connectivity index (χ3n) is 8.52. The van der Waals surface area contributed by atoms with Crippen LogP contribution in [0.4, 0.5) is 11.8 Å². The minimum atomic E-state index is -1.07. The lowest BCUT2D eigenvalue weighted by Gasteiger charge is -2.21. The second kappa shape index (κ2) is 14.8. The van der Waals surface area contributed by atoms with Crippen LogP contribution < -0.4 is 10.6 Å². The SMILES string of the molecule is CCn1nnc([C@H]2O[C@@H](n3cnc4c(NCc5cccc(I)c5)nc(NC5CCN(Cc6ccccc6)C5)nc43)[C@H](OC=O)[C@H]2OC=O)n1. The number of fused-ring (bicyclic) bond motifs is 1. The predicted molar refractivity (Wildman–Crippen MR) is 184 cm³/mol. The molecule has 5 atom stereocenters. The number of aryl methyl sites for hydroxylation is 1. The Balaban J connectivity index is 1.21. The molecular formula is C32H34IN11O5. The van der Waals surface area contributed by atoms with Gasteiger partial charge in [0, 0.05) is 35.8 Å². The number of hydrogen-bond donors (Lipinski definition) is 2. The Morgan fingerprint density at radius 1 is 1.04 bits per heavy atom. The van der Waals surface area contributed by atoms with Gasteiger partial charge in [-0.15, -0.1) is 10.2 Å². The molecule has 7 rings (SSSR count). The van der Waals surface area contributed by atoms with Gasteiger partial charge >= 0.3 is 0 Å². The Kier molecular flexibility index (Phi) is 9.89. The number of nitrogens with one attached hydrogen (secondary N) is 2. The molecule has 2 aromatic carbocycles. The van der Waals surface area contributed by atoms with E-state index in [-0.39, 0.29) is 24.8 Å². The summed E-state index contributed by atoms with van der Waals surface area (Å²) in [5, 5.41) is 19.4. The number of benzene rings is 2. The van der Waals surface area contributed by atoms with Gasteiger partial charge in [0.05, 0.1) is 12.9 Å². The number of rotatable bonds is 14. The van der Waals surface area contributed by atoms with Crippen molar-refractivity contribution in [3.63, 3.8) is 0 Å². The number of likely N-dealkylation sites (tertiary alicyclic amines) is 1. The number of halogens is 1. The van der Waals surface area contributed by atoms with Crippen molar-refractivity contribution in [1.82, 2.24) is 44.6 Å². The molecular weight excluding hydrogens is 745 g/mol. The molecule has 2 aliphatic heterocycles. The highest BCUT2D eigenvalue weighted by Gasteiger charge is 2.52. The molecule has 0 spiro atoms. The number of carbonyl (C=O) groups is 2. The predicted octanol–water partition coefficient (Wildman–Crippen LogP) is 3.09. The van der Waals surface area contributed by atoms with Crippen LogP contribution in [0.15, 0.2) is 60.9 Å². The van der Waals surface area contributed by atoms with Crippen LogP contribution >= 0.6 is 22.6 Å². The van der Waals surface area contributed by atoms with Gasteiger partial charge in [-0.25, -0.2) is 4.98 Å². The summed E-state index contributed by atoms with van der Waals surface area (Å²) in [6, 6.07) is 18.7. The molecule has 17 heteroatoms. The zero-order valence-electron chi connectivity index (χ0n) is 26.5. The van der Waals surface area contributed by atoms with E-state index in [1.165, 1.54) is 10.4 Å². The molecule has 5 aromatic rings. The molecule has 5 heterocycles. The summed E-state index contributed by atoms with van der Waals surface area (Å²) in [5.41, 5.74) is 3.23. The van der Waals surface area contributed by atoms with E-state index in [0.717, 1.165) is 35.2 Å². The molecule has 0 bridgehead atoms. The fourth-order valence-electron chi connectivity index (χ4n) is 6.24. The van der Waals surface area contributed by atoms with Crippen molar-refractivity contribution in [2.24, 2.45) is 0 Å². The largest absolute Gasteiger partial charge is 0.457 e. The van der Waals surface area contributed by atoms with E-state index < -0.39 is 24.5 Å². The van der Waals surface area contributed by atoms with Gasteiger partial charge in [-0.1, -0.05) is 42.5 Å². The second-order valence-electron chi connectivity index (χ2n) is 11.7. The van der Waals surface area contributed by atoms with Gasteiger partial charge in [0.1, 0.15) is 0 Å². The van der Waals surface area contributed by atoms with Crippen molar-refractivity contribution in [2.45, 2.75) is 63.6 Å². The fraction of sp³-hybridized carbons (Fsp3) is 0.375. The normalized spacial score (nSPS) is 22.3. The quantitative estimate of drug-likeness (QED) is 0.124. The van der Waals surface area contributed by atoms with Gasteiger partial charge in [0.25, 0.3) is 12.9 Å². The zero-order chi connectivity index (χ0) is 33.7. The van der Waals surface area contributed by atoms with Gasteiger partial charge in [0.15, 0.2) is 41.5 Å². The summed E-state index contributed by atoms with van der Waals surface area (Å²) in [7, 11) is 0. The Morgan fingerprint density at radius 3 is 2.63 bits per heavy atom. The average Bonchev–Trinajstić information content (AvgIpc) is 3.92. The minimum absolute atomic E-state index is 0.108. The second-order valence-corrected chi connectivity index (χ2v) is 13.0. The first-order valence-electron chi connectivity index (χ1n) is 15.9. The molecule has 1 unspecified atom stereocenters. The molecule has 0 aliphatic carbocycles. The van der Waals surface area contributed by atoms with Gasteiger partial charge in [0.2, 0.25) is 11.8 Å². The van der Waals surface area contributed by atoms with E-state index >= 15 is 0 Å². The number of imidazole rings is 1. The van der Waals surface area contributed by atoms with Crippen LogP contribution in [0.2, 0.25) is 0 Å². The Labute approximate surface area is 294 Å². The van der Waals surface area contributed by atoms with Crippen LogP contribution in [0.25, 0.3) is 11.2 Å². The van der Waals surface area contributed by atoms with Gasteiger partial charge in [-0.3, -0.25) is 19.1 Å². The summed E-state index contributed by atoms with van der Waals surface area (Å²) in [6.45, 7) is 6.01. The van der Waals surface area contributed by atoms with Gasteiger partial charge in [-0.2, -0.15) is 14.8 Å². The lowest BCUT2D eigenvalue weighted by molar-refractivity contribution is -0.151.